The second-order valence-corrected chi connectivity index (χ2v) is 17.6. The fourth-order valence-corrected chi connectivity index (χ4v) is 11.4. The topological polar surface area (TPSA) is 49.3 Å². The summed E-state index contributed by atoms with van der Waals surface area (Å²) in [5.74, 6) is 0. The minimum absolute atomic E-state index is 0.171. The second-order valence-electron chi connectivity index (χ2n) is 17.6. The Morgan fingerprint density at radius 2 is 0.968 bits per heavy atom. The molecule has 290 valence electrons. The van der Waals surface area contributed by atoms with E-state index in [-0.39, 0.29) is 5.41 Å². The van der Waals surface area contributed by atoms with Gasteiger partial charge in [0.2, 0.25) is 0 Å². The Bertz CT molecular complexity index is 4310. The largest absolute Gasteiger partial charge is 0.456 e. The Morgan fingerprint density at radius 1 is 0.371 bits per heavy atom. The zero-order chi connectivity index (χ0) is 40.6. The van der Waals surface area contributed by atoms with Gasteiger partial charge in [0.25, 0.3) is 0 Å². The zero-order valence-electron chi connectivity index (χ0n) is 33.8. The molecule has 62 heavy (non-hydrogen) atoms. The Balaban J connectivity index is 0.962. The maximum atomic E-state index is 6.89. The first kappa shape index (κ1) is 32.8. The van der Waals surface area contributed by atoms with Crippen LogP contribution in [0, 0.1) is 0 Å². The molecule has 0 saturated heterocycles. The van der Waals surface area contributed by atoms with Gasteiger partial charge in [0.15, 0.2) is 0 Å². The van der Waals surface area contributed by atoms with E-state index in [1.54, 1.807) is 0 Å². The summed E-state index contributed by atoms with van der Waals surface area (Å²) in [7, 11) is 0. The van der Waals surface area contributed by atoms with Crippen molar-refractivity contribution < 1.29 is 13.3 Å². The van der Waals surface area contributed by atoms with Crippen LogP contribution in [0.4, 0.5) is 0 Å². The lowest BCUT2D eigenvalue weighted by molar-refractivity contribution is 0.662. The van der Waals surface area contributed by atoms with Gasteiger partial charge in [-0.2, -0.15) is 0 Å². The molecule has 15 rings (SSSR count). The van der Waals surface area contributed by atoms with E-state index in [0.29, 0.717) is 0 Å². The first-order valence-corrected chi connectivity index (χ1v) is 21.3. The van der Waals surface area contributed by atoms with Gasteiger partial charge in [-0.25, -0.2) is 0 Å². The van der Waals surface area contributed by atoms with Gasteiger partial charge in [-0.1, -0.05) is 105 Å². The maximum Gasteiger partial charge on any atom is 0.147 e. The summed E-state index contributed by atoms with van der Waals surface area (Å²) in [6, 6.07) is 61.2. The van der Waals surface area contributed by atoms with Crippen LogP contribution in [0.2, 0.25) is 0 Å². The summed E-state index contributed by atoms with van der Waals surface area (Å²) in [4.78, 5) is 0. The Kier molecular flexibility index (Phi) is 5.93. The van der Waals surface area contributed by atoms with Crippen molar-refractivity contribution in [2.45, 2.75) is 19.3 Å². The molecule has 5 nitrogen and oxygen atoms in total. The fourth-order valence-electron chi connectivity index (χ4n) is 11.4. The highest BCUT2D eigenvalue weighted by Crippen LogP contribution is 2.53. The van der Waals surface area contributed by atoms with Crippen molar-refractivity contribution in [3.63, 3.8) is 0 Å². The minimum Gasteiger partial charge on any atom is -0.456 e. The highest BCUT2D eigenvalue weighted by atomic mass is 16.3. The normalized spacial score (nSPS) is 13.8. The average molecular weight is 795 g/mol. The van der Waals surface area contributed by atoms with Gasteiger partial charge in [0.05, 0.1) is 32.8 Å². The van der Waals surface area contributed by atoms with Crippen molar-refractivity contribution in [2.75, 3.05) is 0 Å². The van der Waals surface area contributed by atoms with Crippen LogP contribution in [0.1, 0.15) is 25.0 Å². The number of benzene rings is 9. The molecule has 14 aromatic rings. The number of hydrogen-bond donors (Lipinski definition) is 0. The van der Waals surface area contributed by atoms with Crippen molar-refractivity contribution in [2.24, 2.45) is 0 Å². The predicted molar refractivity (Wildman–Crippen MR) is 255 cm³/mol. The number of fused-ring (bicyclic) bond motifs is 21. The second kappa shape index (κ2) is 11.2. The van der Waals surface area contributed by atoms with Crippen LogP contribution in [-0.2, 0) is 5.41 Å². The summed E-state index contributed by atoms with van der Waals surface area (Å²) in [6.07, 6.45) is 0. The number of nitrogens with zero attached hydrogens (tertiary/aromatic N) is 2. The summed E-state index contributed by atoms with van der Waals surface area (Å²) in [5, 5.41) is 11.2. The number of hydrogen-bond acceptors (Lipinski definition) is 3. The fraction of sp³-hybridized carbons (Fsp3) is 0.0526. The van der Waals surface area contributed by atoms with Gasteiger partial charge < -0.3 is 22.4 Å². The van der Waals surface area contributed by atoms with Crippen LogP contribution in [-0.4, -0.2) is 9.13 Å². The monoisotopic (exact) mass is 794 g/mol. The van der Waals surface area contributed by atoms with Crippen LogP contribution < -0.4 is 0 Å². The third-order valence-corrected chi connectivity index (χ3v) is 14.1. The van der Waals surface area contributed by atoms with Crippen molar-refractivity contribution in [1.82, 2.24) is 9.13 Å². The highest BCUT2D eigenvalue weighted by molar-refractivity contribution is 6.25. The molecule has 1 aliphatic carbocycles. The number of furan rings is 3. The highest BCUT2D eigenvalue weighted by Gasteiger charge is 2.38. The van der Waals surface area contributed by atoms with Gasteiger partial charge in [0, 0.05) is 59.9 Å². The van der Waals surface area contributed by atoms with E-state index in [0.717, 1.165) is 99.0 Å². The van der Waals surface area contributed by atoms with Crippen molar-refractivity contribution in [3.05, 3.63) is 181 Å². The first-order valence-electron chi connectivity index (χ1n) is 21.3. The summed E-state index contributed by atoms with van der Waals surface area (Å²) < 4.78 is 24.9. The summed E-state index contributed by atoms with van der Waals surface area (Å²) in [5.41, 5.74) is 17.1. The minimum atomic E-state index is -0.171. The molecule has 0 aliphatic heterocycles. The standard InChI is InChI=1S/C57H34N2O3/c1-57(2)43-15-7-3-11-33(43)36-21-22-37-34-12-4-8-16-44(34)59(54(37)53(36)57)32-20-26-48-41(29-32)39-24-28-50-52(56(39)62-48)42-30-31(19-27-49(42)60-50)58-45-17-9-5-14-40(45)51-46(58)25-23-38-35-13-6-10-18-47(35)61-55(38)51/h3-30H,1-2H3. The Labute approximate surface area is 353 Å². The van der Waals surface area contributed by atoms with Gasteiger partial charge >= 0.3 is 0 Å². The van der Waals surface area contributed by atoms with Gasteiger partial charge in [-0.05, 0) is 101 Å². The molecule has 0 saturated carbocycles. The number of rotatable bonds is 2. The molecule has 0 N–H and O–H groups in total. The van der Waals surface area contributed by atoms with Crippen LogP contribution >= 0.6 is 0 Å². The molecule has 5 heteroatoms. The van der Waals surface area contributed by atoms with Crippen LogP contribution in [0.25, 0.3) is 132 Å². The Hall–Kier alpha value is -8.02. The molecule has 0 atom stereocenters. The predicted octanol–water partition coefficient (Wildman–Crippen LogP) is 15.9. The van der Waals surface area contributed by atoms with Crippen molar-refractivity contribution in [1.29, 1.82) is 0 Å². The summed E-state index contributed by atoms with van der Waals surface area (Å²) >= 11 is 0. The van der Waals surface area contributed by atoms with Gasteiger partial charge in [0.1, 0.15) is 33.5 Å². The molecule has 9 aromatic carbocycles. The van der Waals surface area contributed by atoms with E-state index in [1.165, 1.54) is 44.1 Å². The van der Waals surface area contributed by atoms with Crippen LogP contribution in [0.5, 0.6) is 0 Å². The molecule has 0 unspecified atom stereocenters. The van der Waals surface area contributed by atoms with E-state index in [1.807, 2.05) is 12.1 Å². The molecule has 0 radical (unpaired) electrons. The molecule has 1 aliphatic rings. The SMILES string of the molecule is CC1(C)c2ccccc2-c2ccc3c4ccccc4n(-c4ccc5oc6c(ccc7oc8ccc(-n9c%10ccccc%10c%10c%11oc%12ccccc%12c%11ccc%109)cc8c76)c5c4)c3c21. The lowest BCUT2D eigenvalue weighted by Gasteiger charge is -2.23. The molecule has 0 bridgehead atoms. The molecular weight excluding hydrogens is 761 g/mol. The number of aromatic nitrogens is 2. The molecule has 0 fully saturated rings. The van der Waals surface area contributed by atoms with E-state index in [2.05, 4.69) is 181 Å². The molecular formula is C57H34N2O3. The quantitative estimate of drug-likeness (QED) is 0.175. The lowest BCUT2D eigenvalue weighted by atomic mass is 9.81. The van der Waals surface area contributed by atoms with Crippen LogP contribution in [0.15, 0.2) is 183 Å². The number of para-hydroxylation sites is 3. The van der Waals surface area contributed by atoms with Crippen molar-refractivity contribution >= 4 is 109 Å². The van der Waals surface area contributed by atoms with Gasteiger partial charge in [-0.15, -0.1) is 0 Å². The Morgan fingerprint density at radius 3 is 1.82 bits per heavy atom. The van der Waals surface area contributed by atoms with Crippen molar-refractivity contribution in [3.8, 4) is 22.5 Å². The maximum absolute atomic E-state index is 6.89. The van der Waals surface area contributed by atoms with E-state index < -0.39 is 0 Å². The molecule has 5 aromatic heterocycles. The average Bonchev–Trinajstić information content (AvgIpc) is 4.14. The van der Waals surface area contributed by atoms with Gasteiger partial charge in [-0.3, -0.25) is 0 Å². The molecule has 0 amide bonds. The van der Waals surface area contributed by atoms with E-state index in [4.69, 9.17) is 13.3 Å². The van der Waals surface area contributed by atoms with E-state index >= 15 is 0 Å². The molecule has 5 heterocycles. The van der Waals surface area contributed by atoms with Crippen LogP contribution in [0.3, 0.4) is 0 Å². The van der Waals surface area contributed by atoms with E-state index in [9.17, 15) is 0 Å². The molecule has 0 spiro atoms. The first-order chi connectivity index (χ1) is 30.5. The lowest BCUT2D eigenvalue weighted by Crippen LogP contribution is -2.16. The zero-order valence-corrected chi connectivity index (χ0v) is 33.8. The third-order valence-electron chi connectivity index (χ3n) is 14.1. The smallest absolute Gasteiger partial charge is 0.147 e. The third kappa shape index (κ3) is 3.95. The summed E-state index contributed by atoms with van der Waals surface area (Å²) in [6.45, 7) is 4.75.